The van der Waals surface area contributed by atoms with E-state index in [-0.39, 0.29) is 6.04 Å². The molecule has 88 valence electrons. The molecule has 1 aliphatic rings. The van der Waals surface area contributed by atoms with Crippen molar-refractivity contribution in [1.29, 1.82) is 0 Å². The van der Waals surface area contributed by atoms with E-state index >= 15 is 0 Å². The zero-order chi connectivity index (χ0) is 11.9. The molecule has 4 heteroatoms. The van der Waals surface area contributed by atoms with Crippen molar-refractivity contribution in [2.45, 2.75) is 31.5 Å². The van der Waals surface area contributed by atoms with Crippen LogP contribution in [-0.4, -0.2) is 6.04 Å². The molecule has 0 amide bonds. The minimum Gasteiger partial charge on any atom is -0.328 e. The van der Waals surface area contributed by atoms with Gasteiger partial charge in [-0.1, -0.05) is 12.1 Å². The van der Waals surface area contributed by atoms with Gasteiger partial charge in [0.1, 0.15) is 0 Å². The Labute approximate surface area is 92.5 Å². The van der Waals surface area contributed by atoms with Crippen molar-refractivity contribution in [3.8, 4) is 0 Å². The summed E-state index contributed by atoms with van der Waals surface area (Å²) >= 11 is 0. The number of halogens is 3. The second-order valence-electron chi connectivity index (χ2n) is 4.48. The first-order valence-electron chi connectivity index (χ1n) is 5.32. The molecule has 0 bridgehead atoms. The van der Waals surface area contributed by atoms with E-state index in [1.807, 2.05) is 6.92 Å². The highest BCUT2D eigenvalue weighted by molar-refractivity contribution is 5.31. The van der Waals surface area contributed by atoms with Crippen molar-refractivity contribution in [2.24, 2.45) is 11.7 Å². The van der Waals surface area contributed by atoms with Crippen LogP contribution in [0.4, 0.5) is 13.2 Å². The predicted molar refractivity (Wildman–Crippen MR) is 55.9 cm³/mol. The van der Waals surface area contributed by atoms with Crippen LogP contribution < -0.4 is 5.73 Å². The van der Waals surface area contributed by atoms with E-state index in [4.69, 9.17) is 5.73 Å². The molecule has 1 aliphatic carbocycles. The fraction of sp³-hybridized carbons (Fsp3) is 0.500. The van der Waals surface area contributed by atoms with Gasteiger partial charge in [0.2, 0.25) is 0 Å². The van der Waals surface area contributed by atoms with Crippen LogP contribution in [-0.2, 0) is 6.18 Å². The summed E-state index contributed by atoms with van der Waals surface area (Å²) in [4.78, 5) is 0. The van der Waals surface area contributed by atoms with E-state index in [9.17, 15) is 13.2 Å². The Bertz CT molecular complexity index is 367. The molecule has 1 fully saturated rings. The molecular formula is C12H14F3N. The van der Waals surface area contributed by atoms with Gasteiger partial charge in [-0.2, -0.15) is 13.2 Å². The van der Waals surface area contributed by atoms with Gasteiger partial charge in [0.05, 0.1) is 5.56 Å². The number of rotatable bonds is 2. The number of nitrogens with two attached hydrogens (primary N) is 1. The summed E-state index contributed by atoms with van der Waals surface area (Å²) in [5.74, 6) is 0.777. The summed E-state index contributed by atoms with van der Waals surface area (Å²) in [6.45, 7) is 1.94. The molecule has 0 heterocycles. The third-order valence-electron chi connectivity index (χ3n) is 3.18. The molecule has 1 nitrogen and oxygen atoms in total. The van der Waals surface area contributed by atoms with Gasteiger partial charge in [-0.05, 0) is 42.9 Å². The van der Waals surface area contributed by atoms with Crippen molar-refractivity contribution in [3.05, 3.63) is 35.4 Å². The lowest BCUT2D eigenvalue weighted by Crippen LogP contribution is -2.17. The number of alkyl halides is 3. The summed E-state index contributed by atoms with van der Waals surface area (Å²) in [5, 5.41) is 0. The molecule has 0 aliphatic heterocycles. The van der Waals surface area contributed by atoms with Crippen molar-refractivity contribution in [3.63, 3.8) is 0 Å². The van der Waals surface area contributed by atoms with Gasteiger partial charge in [0, 0.05) is 6.04 Å². The summed E-state index contributed by atoms with van der Waals surface area (Å²) in [6, 6.07) is 5.54. The maximum Gasteiger partial charge on any atom is 0.416 e. The molecule has 16 heavy (non-hydrogen) atoms. The predicted octanol–water partition coefficient (Wildman–Crippen LogP) is 3.16. The minimum atomic E-state index is -4.25. The summed E-state index contributed by atoms with van der Waals surface area (Å²) < 4.78 is 37.0. The largest absolute Gasteiger partial charge is 0.416 e. The van der Waals surface area contributed by atoms with Crippen LogP contribution in [0, 0.1) is 5.92 Å². The van der Waals surface area contributed by atoms with E-state index < -0.39 is 11.7 Å². The highest BCUT2D eigenvalue weighted by Crippen LogP contribution is 2.49. The Morgan fingerprint density at radius 1 is 1.25 bits per heavy atom. The van der Waals surface area contributed by atoms with Crippen LogP contribution in [0.5, 0.6) is 0 Å². The van der Waals surface area contributed by atoms with Crippen molar-refractivity contribution < 1.29 is 13.2 Å². The van der Waals surface area contributed by atoms with Gasteiger partial charge in [-0.25, -0.2) is 0 Å². The molecule has 0 saturated heterocycles. The third-order valence-corrected chi connectivity index (χ3v) is 3.18. The third kappa shape index (κ3) is 2.21. The number of hydrogen-bond donors (Lipinski definition) is 1. The molecule has 3 atom stereocenters. The zero-order valence-electron chi connectivity index (χ0n) is 8.96. The smallest absolute Gasteiger partial charge is 0.328 e. The van der Waals surface area contributed by atoms with Crippen LogP contribution in [0.2, 0.25) is 0 Å². The number of benzene rings is 1. The molecule has 1 aromatic rings. The Morgan fingerprint density at radius 2 is 1.81 bits per heavy atom. The first kappa shape index (κ1) is 11.5. The lowest BCUT2D eigenvalue weighted by molar-refractivity contribution is -0.137. The van der Waals surface area contributed by atoms with Gasteiger partial charge < -0.3 is 5.73 Å². The highest BCUT2D eigenvalue weighted by atomic mass is 19.4. The molecule has 0 aromatic heterocycles. The Balaban J connectivity index is 2.10. The molecular weight excluding hydrogens is 215 g/mol. The lowest BCUT2D eigenvalue weighted by atomic mass is 10.0. The molecule has 0 spiro atoms. The SMILES string of the molecule is C[C@@H](N)[C@@H]1C[C@@H]1c1ccc(C(F)(F)F)cc1. The summed E-state index contributed by atoms with van der Waals surface area (Å²) in [7, 11) is 0. The fourth-order valence-corrected chi connectivity index (χ4v) is 2.10. The summed E-state index contributed by atoms with van der Waals surface area (Å²) in [6.07, 6.45) is -3.26. The van der Waals surface area contributed by atoms with Crippen LogP contribution in [0.15, 0.2) is 24.3 Å². The van der Waals surface area contributed by atoms with Crippen molar-refractivity contribution in [2.75, 3.05) is 0 Å². The Morgan fingerprint density at radius 3 is 2.19 bits per heavy atom. The Kier molecular flexibility index (Phi) is 2.70. The van der Waals surface area contributed by atoms with E-state index in [0.29, 0.717) is 11.8 Å². The van der Waals surface area contributed by atoms with E-state index in [1.54, 1.807) is 12.1 Å². The van der Waals surface area contributed by atoms with E-state index in [0.717, 1.165) is 24.1 Å². The van der Waals surface area contributed by atoms with Gasteiger partial charge >= 0.3 is 6.18 Å². The maximum atomic E-state index is 12.3. The average molecular weight is 229 g/mol. The van der Waals surface area contributed by atoms with Crippen LogP contribution in [0.3, 0.4) is 0 Å². The molecule has 1 aromatic carbocycles. The Hall–Kier alpha value is -1.03. The van der Waals surface area contributed by atoms with Crippen LogP contribution >= 0.6 is 0 Å². The first-order valence-corrected chi connectivity index (χ1v) is 5.32. The lowest BCUT2D eigenvalue weighted by Gasteiger charge is -2.08. The van der Waals surface area contributed by atoms with Gasteiger partial charge in [-0.15, -0.1) is 0 Å². The van der Waals surface area contributed by atoms with Gasteiger partial charge in [0.15, 0.2) is 0 Å². The van der Waals surface area contributed by atoms with Crippen molar-refractivity contribution >= 4 is 0 Å². The second kappa shape index (κ2) is 3.77. The summed E-state index contributed by atoms with van der Waals surface area (Å²) in [5.41, 5.74) is 6.12. The number of hydrogen-bond acceptors (Lipinski definition) is 1. The normalized spacial score (nSPS) is 26.6. The zero-order valence-corrected chi connectivity index (χ0v) is 8.96. The molecule has 2 N–H and O–H groups in total. The van der Waals surface area contributed by atoms with Gasteiger partial charge in [0.25, 0.3) is 0 Å². The molecule has 2 rings (SSSR count). The van der Waals surface area contributed by atoms with E-state index in [1.165, 1.54) is 0 Å². The minimum absolute atomic E-state index is 0.118. The highest BCUT2D eigenvalue weighted by Gasteiger charge is 2.41. The average Bonchev–Trinajstić information content (AvgIpc) is 2.96. The van der Waals surface area contributed by atoms with E-state index in [2.05, 4.69) is 0 Å². The fourth-order valence-electron chi connectivity index (χ4n) is 2.10. The quantitative estimate of drug-likeness (QED) is 0.828. The van der Waals surface area contributed by atoms with Crippen LogP contribution in [0.25, 0.3) is 0 Å². The first-order chi connectivity index (χ1) is 7.39. The monoisotopic (exact) mass is 229 g/mol. The maximum absolute atomic E-state index is 12.3. The second-order valence-corrected chi connectivity index (χ2v) is 4.48. The van der Waals surface area contributed by atoms with Crippen LogP contribution in [0.1, 0.15) is 30.4 Å². The molecule has 0 radical (unpaired) electrons. The topological polar surface area (TPSA) is 26.0 Å². The standard InChI is InChI=1S/C12H14F3N/c1-7(16)10-6-11(10)8-2-4-9(5-3-8)12(13,14)15/h2-5,7,10-11H,6,16H2,1H3/t7-,10+,11-/m1/s1. The molecule has 1 saturated carbocycles. The molecule has 0 unspecified atom stereocenters. The van der Waals surface area contributed by atoms with Crippen molar-refractivity contribution in [1.82, 2.24) is 0 Å². The van der Waals surface area contributed by atoms with Gasteiger partial charge in [-0.3, -0.25) is 0 Å².